The molecule has 1 aromatic carbocycles. The lowest BCUT2D eigenvalue weighted by Gasteiger charge is -2.26. The molecule has 0 unspecified atom stereocenters. The maximum absolute atomic E-state index is 12.6. The summed E-state index contributed by atoms with van der Waals surface area (Å²) in [5, 5.41) is 3.34. The number of carbonyl (C=O) groups is 1. The summed E-state index contributed by atoms with van der Waals surface area (Å²) in [6.45, 7) is 2.04. The van der Waals surface area contributed by atoms with Crippen LogP contribution < -0.4 is 0 Å². The summed E-state index contributed by atoms with van der Waals surface area (Å²) >= 11 is 0. The van der Waals surface area contributed by atoms with Crippen molar-refractivity contribution in [3.05, 3.63) is 35.7 Å². The normalized spacial score (nSPS) is 25.0. The molecule has 3 heterocycles. The lowest BCUT2D eigenvalue weighted by molar-refractivity contribution is 0.0746. The minimum Gasteiger partial charge on any atom is -0.334 e. The number of rotatable bonds is 2. The third kappa shape index (κ3) is 2.33. The molecule has 2 atom stereocenters. The van der Waals surface area contributed by atoms with E-state index in [-0.39, 0.29) is 17.7 Å². The van der Waals surface area contributed by atoms with Gasteiger partial charge in [0.25, 0.3) is 11.8 Å². The predicted molar refractivity (Wildman–Crippen MR) is 81.5 cm³/mol. The van der Waals surface area contributed by atoms with Crippen LogP contribution in [0.4, 0.5) is 0 Å². The van der Waals surface area contributed by atoms with Crippen molar-refractivity contribution in [1.29, 1.82) is 0 Å². The van der Waals surface area contributed by atoms with Crippen molar-refractivity contribution in [1.82, 2.24) is 15.0 Å². The van der Waals surface area contributed by atoms with Gasteiger partial charge in [-0.3, -0.25) is 4.79 Å². The fourth-order valence-corrected chi connectivity index (χ4v) is 5.31. The first-order chi connectivity index (χ1) is 10.9. The van der Waals surface area contributed by atoms with Crippen LogP contribution in [0.1, 0.15) is 22.6 Å². The third-order valence-corrected chi connectivity index (χ3v) is 6.68. The van der Waals surface area contributed by atoms with Crippen LogP contribution in [-0.2, 0) is 9.84 Å². The van der Waals surface area contributed by atoms with E-state index in [1.165, 1.54) is 0 Å². The number of sulfone groups is 1. The van der Waals surface area contributed by atoms with Crippen molar-refractivity contribution >= 4 is 15.7 Å². The van der Waals surface area contributed by atoms with Gasteiger partial charge in [-0.15, -0.1) is 0 Å². The molecule has 2 aliphatic rings. The fourth-order valence-electron chi connectivity index (χ4n) is 3.28. The number of likely N-dealkylation sites (tertiary alicyclic amines) is 1. The Morgan fingerprint density at radius 2 is 2.04 bits per heavy atom. The van der Waals surface area contributed by atoms with E-state index in [0.717, 1.165) is 5.56 Å². The summed E-state index contributed by atoms with van der Waals surface area (Å²) in [5.74, 6) is 0.922. The number of aromatic nitrogens is 2. The first kappa shape index (κ1) is 14.4. The smallest absolute Gasteiger partial charge is 0.257 e. The maximum Gasteiger partial charge on any atom is 0.257 e. The van der Waals surface area contributed by atoms with Gasteiger partial charge in [0.05, 0.1) is 11.0 Å². The predicted octanol–water partition coefficient (Wildman–Crippen LogP) is 1.06. The van der Waals surface area contributed by atoms with Crippen molar-refractivity contribution in [3.63, 3.8) is 0 Å². The lowest BCUT2D eigenvalue weighted by Crippen LogP contribution is -2.44. The van der Waals surface area contributed by atoms with Crippen LogP contribution in [0.25, 0.3) is 11.5 Å². The van der Waals surface area contributed by atoms with Crippen LogP contribution >= 0.6 is 0 Å². The molecule has 0 spiro atoms. The summed E-state index contributed by atoms with van der Waals surface area (Å²) < 4.78 is 28.6. The molecule has 0 saturated carbocycles. The summed E-state index contributed by atoms with van der Waals surface area (Å²) in [6.07, 6.45) is 0.563. The molecular formula is C15H15N3O4S. The average Bonchev–Trinajstić information content (AvgIpc) is 3.20. The Morgan fingerprint density at radius 1 is 1.30 bits per heavy atom. The summed E-state index contributed by atoms with van der Waals surface area (Å²) in [5.41, 5.74) is 1.28. The first-order valence-corrected chi connectivity index (χ1v) is 9.09. The Bertz CT molecular complexity index is 872. The summed E-state index contributed by atoms with van der Waals surface area (Å²) in [4.78, 5) is 18.4. The fraction of sp³-hybridized carbons (Fsp3) is 0.400. The molecule has 8 heteroatoms. The van der Waals surface area contributed by atoms with Gasteiger partial charge < -0.3 is 9.42 Å². The Hall–Kier alpha value is -2.22. The highest BCUT2D eigenvalue weighted by Crippen LogP contribution is 2.34. The Balaban J connectivity index is 1.54. The SMILES string of the molecule is Cc1noc(-c2ccc(C(=O)N3C[C@@H]4C[C@H]3CS4(=O)=O)cc2)n1. The second-order valence-corrected chi connectivity index (χ2v) is 8.35. The number of hydrogen-bond donors (Lipinski definition) is 0. The van der Waals surface area contributed by atoms with Gasteiger partial charge in [0.2, 0.25) is 0 Å². The minimum atomic E-state index is -3.00. The van der Waals surface area contributed by atoms with Crippen LogP contribution in [0.15, 0.2) is 28.8 Å². The number of amides is 1. The molecule has 23 heavy (non-hydrogen) atoms. The van der Waals surface area contributed by atoms with Gasteiger partial charge in [-0.25, -0.2) is 8.42 Å². The average molecular weight is 333 g/mol. The molecule has 2 saturated heterocycles. The third-order valence-electron chi connectivity index (χ3n) is 4.48. The zero-order chi connectivity index (χ0) is 16.2. The highest BCUT2D eigenvalue weighted by molar-refractivity contribution is 7.92. The van der Waals surface area contributed by atoms with Crippen LogP contribution in [-0.4, -0.2) is 53.0 Å². The van der Waals surface area contributed by atoms with Gasteiger partial charge in [-0.2, -0.15) is 4.98 Å². The molecule has 0 aliphatic carbocycles. The van der Waals surface area contributed by atoms with E-state index in [0.29, 0.717) is 30.2 Å². The lowest BCUT2D eigenvalue weighted by atomic mass is 10.1. The minimum absolute atomic E-state index is 0.0861. The van der Waals surface area contributed by atoms with Crippen molar-refractivity contribution < 1.29 is 17.7 Å². The van der Waals surface area contributed by atoms with E-state index in [9.17, 15) is 13.2 Å². The van der Waals surface area contributed by atoms with Gasteiger partial charge >= 0.3 is 0 Å². The van der Waals surface area contributed by atoms with Crippen molar-refractivity contribution in [3.8, 4) is 11.5 Å². The zero-order valence-electron chi connectivity index (χ0n) is 12.5. The largest absolute Gasteiger partial charge is 0.334 e. The number of fused-ring (bicyclic) bond motifs is 2. The Kier molecular flexibility index (Phi) is 3.06. The molecule has 0 N–H and O–H groups in total. The molecule has 1 amide bonds. The molecule has 7 nitrogen and oxygen atoms in total. The molecule has 1 aromatic heterocycles. The van der Waals surface area contributed by atoms with E-state index < -0.39 is 15.1 Å². The van der Waals surface area contributed by atoms with Crippen LogP contribution in [0.3, 0.4) is 0 Å². The van der Waals surface area contributed by atoms with Crippen LogP contribution in [0, 0.1) is 6.92 Å². The topological polar surface area (TPSA) is 93.4 Å². The quantitative estimate of drug-likeness (QED) is 0.816. The molecule has 0 radical (unpaired) electrons. The standard InChI is InChI=1S/C15H15N3O4S/c1-9-16-14(22-17-9)10-2-4-11(5-3-10)15(19)18-7-13-6-12(18)8-23(13,20)21/h2-5,12-13H,6-8H2,1H3/t12-,13-/m0/s1. The van der Waals surface area contributed by atoms with Crippen molar-refractivity contribution in [2.45, 2.75) is 24.6 Å². The second kappa shape index (κ2) is 4.89. The first-order valence-electron chi connectivity index (χ1n) is 7.37. The summed E-state index contributed by atoms with van der Waals surface area (Å²) in [7, 11) is -3.00. The highest BCUT2D eigenvalue weighted by atomic mass is 32.2. The monoisotopic (exact) mass is 333 g/mol. The highest BCUT2D eigenvalue weighted by Gasteiger charge is 2.50. The number of nitrogens with zero attached hydrogens (tertiary/aromatic N) is 3. The number of benzene rings is 1. The van der Waals surface area contributed by atoms with Crippen molar-refractivity contribution in [2.24, 2.45) is 0 Å². The van der Waals surface area contributed by atoms with Crippen LogP contribution in [0.5, 0.6) is 0 Å². The Labute approximate surface area is 133 Å². The van der Waals surface area contributed by atoms with E-state index in [4.69, 9.17) is 4.52 Å². The van der Waals surface area contributed by atoms with E-state index in [2.05, 4.69) is 10.1 Å². The van der Waals surface area contributed by atoms with Gasteiger partial charge in [0.1, 0.15) is 0 Å². The maximum atomic E-state index is 12.6. The Morgan fingerprint density at radius 3 is 2.57 bits per heavy atom. The molecule has 2 fully saturated rings. The molecule has 2 bridgehead atoms. The second-order valence-electron chi connectivity index (χ2n) is 6.02. The van der Waals surface area contributed by atoms with Gasteiger partial charge in [-0.1, -0.05) is 5.16 Å². The van der Waals surface area contributed by atoms with E-state index >= 15 is 0 Å². The summed E-state index contributed by atoms with van der Waals surface area (Å²) in [6, 6.07) is 6.74. The number of hydrogen-bond acceptors (Lipinski definition) is 6. The van der Waals surface area contributed by atoms with Crippen molar-refractivity contribution in [2.75, 3.05) is 12.3 Å². The molecule has 120 valence electrons. The van der Waals surface area contributed by atoms with Gasteiger partial charge in [0.15, 0.2) is 15.7 Å². The number of aryl methyl sites for hydroxylation is 1. The molecule has 2 aromatic rings. The molecule has 2 aliphatic heterocycles. The van der Waals surface area contributed by atoms with Crippen LogP contribution in [0.2, 0.25) is 0 Å². The molecular weight excluding hydrogens is 318 g/mol. The molecule has 4 rings (SSSR count). The van der Waals surface area contributed by atoms with Gasteiger partial charge in [-0.05, 0) is 37.6 Å². The van der Waals surface area contributed by atoms with Gasteiger partial charge in [0, 0.05) is 23.7 Å². The van der Waals surface area contributed by atoms with E-state index in [1.54, 1.807) is 36.1 Å². The number of carbonyl (C=O) groups excluding carboxylic acids is 1. The zero-order valence-corrected chi connectivity index (χ0v) is 13.3. The van der Waals surface area contributed by atoms with E-state index in [1.807, 2.05) is 0 Å².